The molecule has 3 rings (SSSR count). The number of benzene rings is 2. The van der Waals surface area contributed by atoms with E-state index < -0.39 is 10.0 Å². The minimum Gasteiger partial charge on any atom is -0.497 e. The fourth-order valence-electron chi connectivity index (χ4n) is 2.85. The minimum absolute atomic E-state index is 0.00355. The van der Waals surface area contributed by atoms with Gasteiger partial charge in [0.1, 0.15) is 5.75 Å². The summed E-state index contributed by atoms with van der Waals surface area (Å²) in [6.45, 7) is 1.83. The first kappa shape index (κ1) is 21.5. The number of nitrogens with one attached hydrogen (secondary N) is 1. The third-order valence-corrected chi connectivity index (χ3v) is 5.41. The Morgan fingerprint density at radius 3 is 2.57 bits per heavy atom. The normalized spacial score (nSPS) is 11.3. The summed E-state index contributed by atoms with van der Waals surface area (Å²) < 4.78 is 33.8. The molecule has 10 heteroatoms. The number of nitrogens with two attached hydrogens (primary N) is 1. The molecule has 2 aromatic carbocycles. The van der Waals surface area contributed by atoms with Crippen LogP contribution in [0.15, 0.2) is 51.9 Å². The van der Waals surface area contributed by atoms with Crippen LogP contribution in [0.3, 0.4) is 0 Å². The number of sulfonamides is 1. The van der Waals surface area contributed by atoms with Gasteiger partial charge >= 0.3 is 0 Å². The second kappa shape index (κ2) is 9.06. The lowest BCUT2D eigenvalue weighted by molar-refractivity contribution is -0.116. The molecule has 30 heavy (non-hydrogen) atoms. The van der Waals surface area contributed by atoms with Crippen molar-refractivity contribution in [1.82, 2.24) is 10.1 Å². The Morgan fingerprint density at radius 2 is 1.93 bits per heavy atom. The molecule has 3 N–H and O–H groups in total. The number of aryl methyl sites for hydroxylation is 2. The molecule has 3 aromatic rings. The van der Waals surface area contributed by atoms with Crippen molar-refractivity contribution in [3.05, 3.63) is 53.9 Å². The van der Waals surface area contributed by atoms with E-state index in [-0.39, 0.29) is 23.6 Å². The van der Waals surface area contributed by atoms with Gasteiger partial charge in [-0.05, 0) is 48.4 Å². The van der Waals surface area contributed by atoms with Gasteiger partial charge in [-0.15, -0.1) is 0 Å². The molecule has 0 radical (unpaired) electrons. The van der Waals surface area contributed by atoms with Gasteiger partial charge in [-0.2, -0.15) is 4.98 Å². The Balaban J connectivity index is 1.62. The summed E-state index contributed by atoms with van der Waals surface area (Å²) in [5.41, 5.74) is 1.71. The Kier molecular flexibility index (Phi) is 6.48. The van der Waals surface area contributed by atoms with E-state index in [1.165, 1.54) is 6.07 Å². The Hall–Kier alpha value is -3.24. The van der Waals surface area contributed by atoms with Crippen molar-refractivity contribution in [2.75, 3.05) is 12.4 Å². The second-order valence-electron chi connectivity index (χ2n) is 6.51. The van der Waals surface area contributed by atoms with Crippen LogP contribution < -0.4 is 15.2 Å². The number of hydrogen-bond donors (Lipinski definition) is 2. The molecule has 158 valence electrons. The molecule has 1 amide bonds. The number of anilines is 1. The molecule has 0 aliphatic carbocycles. The third kappa shape index (κ3) is 5.22. The summed E-state index contributed by atoms with van der Waals surface area (Å²) in [7, 11) is -2.30. The van der Waals surface area contributed by atoms with Gasteiger partial charge in [0.2, 0.25) is 27.6 Å². The smallest absolute Gasteiger partial charge is 0.238 e. The molecule has 1 heterocycles. The maximum atomic E-state index is 12.3. The zero-order valence-electron chi connectivity index (χ0n) is 16.6. The molecule has 0 saturated heterocycles. The van der Waals surface area contributed by atoms with Gasteiger partial charge in [0.15, 0.2) is 0 Å². The van der Waals surface area contributed by atoms with E-state index in [9.17, 15) is 13.2 Å². The van der Waals surface area contributed by atoms with Crippen LogP contribution >= 0.6 is 0 Å². The van der Waals surface area contributed by atoms with E-state index in [1.54, 1.807) is 31.4 Å². The van der Waals surface area contributed by atoms with Crippen LogP contribution in [0.1, 0.15) is 24.8 Å². The minimum atomic E-state index is -3.88. The number of methoxy groups -OCH3 is 1. The van der Waals surface area contributed by atoms with E-state index in [0.717, 1.165) is 11.3 Å². The first-order valence-electron chi connectivity index (χ1n) is 9.22. The molecule has 0 fully saturated rings. The summed E-state index contributed by atoms with van der Waals surface area (Å²) in [5, 5.41) is 11.8. The SMILES string of the molecule is CCc1ccc(NC(=O)CCc2nc(-c3ccc(OC)cc3)no2)cc1S(N)(=O)=O. The molecular formula is C20H22N4O5S. The van der Waals surface area contributed by atoms with E-state index in [0.29, 0.717) is 29.4 Å². The lowest BCUT2D eigenvalue weighted by atomic mass is 10.1. The lowest BCUT2D eigenvalue weighted by Gasteiger charge is -2.10. The number of carbonyl (C=O) groups is 1. The van der Waals surface area contributed by atoms with E-state index in [2.05, 4.69) is 15.5 Å². The highest BCUT2D eigenvalue weighted by Gasteiger charge is 2.15. The van der Waals surface area contributed by atoms with Crippen LogP contribution in [0.4, 0.5) is 5.69 Å². The lowest BCUT2D eigenvalue weighted by Crippen LogP contribution is -2.16. The van der Waals surface area contributed by atoms with Gasteiger partial charge in [0.25, 0.3) is 0 Å². The second-order valence-corrected chi connectivity index (χ2v) is 8.04. The highest BCUT2D eigenvalue weighted by Crippen LogP contribution is 2.22. The van der Waals surface area contributed by atoms with Crippen molar-refractivity contribution in [2.45, 2.75) is 31.1 Å². The molecule has 0 aliphatic rings. The zero-order valence-corrected chi connectivity index (χ0v) is 17.4. The first-order chi connectivity index (χ1) is 14.3. The first-order valence-corrected chi connectivity index (χ1v) is 10.8. The van der Waals surface area contributed by atoms with Crippen molar-refractivity contribution in [3.8, 4) is 17.1 Å². The number of primary sulfonamides is 1. The Labute approximate surface area is 174 Å². The van der Waals surface area contributed by atoms with Gasteiger partial charge in [-0.3, -0.25) is 4.79 Å². The fraction of sp³-hybridized carbons (Fsp3) is 0.250. The van der Waals surface area contributed by atoms with Gasteiger partial charge in [0.05, 0.1) is 12.0 Å². The maximum Gasteiger partial charge on any atom is 0.238 e. The summed E-state index contributed by atoms with van der Waals surface area (Å²) in [4.78, 5) is 16.5. The van der Waals surface area contributed by atoms with Crippen molar-refractivity contribution in [1.29, 1.82) is 0 Å². The molecular weight excluding hydrogens is 408 g/mol. The number of nitrogens with zero attached hydrogens (tertiary/aromatic N) is 2. The number of ether oxygens (including phenoxy) is 1. The quantitative estimate of drug-likeness (QED) is 0.560. The third-order valence-electron chi connectivity index (χ3n) is 4.42. The van der Waals surface area contributed by atoms with Crippen molar-refractivity contribution >= 4 is 21.6 Å². The summed E-state index contributed by atoms with van der Waals surface area (Å²) in [5.74, 6) is 1.14. The van der Waals surface area contributed by atoms with E-state index >= 15 is 0 Å². The van der Waals surface area contributed by atoms with Gasteiger partial charge in [-0.25, -0.2) is 13.6 Å². The highest BCUT2D eigenvalue weighted by atomic mass is 32.2. The molecule has 0 aliphatic heterocycles. The predicted molar refractivity (Wildman–Crippen MR) is 110 cm³/mol. The van der Waals surface area contributed by atoms with Crippen molar-refractivity contribution in [2.24, 2.45) is 5.14 Å². The van der Waals surface area contributed by atoms with Crippen LogP contribution in [0.5, 0.6) is 5.75 Å². The molecule has 0 saturated carbocycles. The molecule has 0 atom stereocenters. The van der Waals surface area contributed by atoms with E-state index in [4.69, 9.17) is 14.4 Å². The van der Waals surface area contributed by atoms with Crippen LogP contribution in [0.2, 0.25) is 0 Å². The van der Waals surface area contributed by atoms with Crippen LogP contribution in [0, 0.1) is 0 Å². The zero-order chi connectivity index (χ0) is 21.7. The number of hydrogen-bond acceptors (Lipinski definition) is 7. The number of rotatable bonds is 8. The van der Waals surface area contributed by atoms with Gasteiger partial charge in [0, 0.05) is 24.1 Å². The van der Waals surface area contributed by atoms with Gasteiger partial charge < -0.3 is 14.6 Å². The van der Waals surface area contributed by atoms with Crippen molar-refractivity contribution < 1.29 is 22.5 Å². The topological polar surface area (TPSA) is 137 Å². The molecule has 0 bridgehead atoms. The van der Waals surface area contributed by atoms with Gasteiger partial charge in [-0.1, -0.05) is 18.1 Å². The monoisotopic (exact) mass is 430 g/mol. The molecule has 0 spiro atoms. The van der Waals surface area contributed by atoms with Crippen LogP contribution in [-0.4, -0.2) is 31.6 Å². The maximum absolute atomic E-state index is 12.3. The molecule has 9 nitrogen and oxygen atoms in total. The largest absolute Gasteiger partial charge is 0.497 e. The summed E-state index contributed by atoms with van der Waals surface area (Å²) in [6, 6.07) is 11.8. The molecule has 0 unspecified atom stereocenters. The average molecular weight is 430 g/mol. The number of carbonyl (C=O) groups excluding carboxylic acids is 1. The number of amides is 1. The summed E-state index contributed by atoms with van der Waals surface area (Å²) in [6.07, 6.45) is 0.836. The fourth-order valence-corrected chi connectivity index (χ4v) is 3.72. The highest BCUT2D eigenvalue weighted by molar-refractivity contribution is 7.89. The summed E-state index contributed by atoms with van der Waals surface area (Å²) >= 11 is 0. The van der Waals surface area contributed by atoms with E-state index in [1.807, 2.05) is 19.1 Å². The standard InChI is InChI=1S/C20H22N4O5S/c1-3-13-4-7-15(12-17(13)30(21,26)27)22-18(25)10-11-19-23-20(24-29-19)14-5-8-16(28-2)9-6-14/h4-9,12H,3,10-11H2,1-2H3,(H,22,25)(H2,21,26,27). The predicted octanol–water partition coefficient (Wildman–Crippen LogP) is 2.53. The number of aromatic nitrogens is 2. The Morgan fingerprint density at radius 1 is 1.20 bits per heavy atom. The van der Waals surface area contributed by atoms with Crippen LogP contribution in [-0.2, 0) is 27.7 Å². The molecule has 1 aromatic heterocycles. The average Bonchev–Trinajstić information content (AvgIpc) is 3.21. The van der Waals surface area contributed by atoms with Crippen molar-refractivity contribution in [3.63, 3.8) is 0 Å². The Bertz CT molecular complexity index is 1140. The van der Waals surface area contributed by atoms with Crippen LogP contribution in [0.25, 0.3) is 11.4 Å².